The number of allylic oxidation sites excluding steroid dienone is 1. The molecule has 0 bridgehead atoms. The molecule has 1 saturated heterocycles. The van der Waals surface area contributed by atoms with Crippen LogP contribution >= 0.6 is 0 Å². The van der Waals surface area contributed by atoms with Gasteiger partial charge in [0.1, 0.15) is 0 Å². The van der Waals surface area contributed by atoms with Crippen LogP contribution in [0.3, 0.4) is 0 Å². The van der Waals surface area contributed by atoms with E-state index in [9.17, 15) is 4.79 Å². The molecule has 0 radical (unpaired) electrons. The van der Waals surface area contributed by atoms with Gasteiger partial charge in [0.25, 0.3) is 0 Å². The molecular formula is C20H28O2. The fraction of sp³-hybridized carbons (Fsp3) is 0.850. The molecule has 1 aliphatic heterocycles. The molecule has 0 N–H and O–H groups in total. The van der Waals surface area contributed by atoms with Crippen molar-refractivity contribution in [1.82, 2.24) is 0 Å². The fourth-order valence-corrected chi connectivity index (χ4v) is 7.21. The van der Waals surface area contributed by atoms with Crippen molar-refractivity contribution in [2.24, 2.45) is 28.6 Å². The van der Waals surface area contributed by atoms with Gasteiger partial charge in [-0.25, -0.2) is 0 Å². The molecule has 2 heteroatoms. The lowest BCUT2D eigenvalue weighted by Gasteiger charge is -2.57. The average molecular weight is 300 g/mol. The van der Waals surface area contributed by atoms with Gasteiger partial charge in [-0.05, 0) is 74.2 Å². The molecule has 120 valence electrons. The molecule has 4 aliphatic carbocycles. The summed E-state index contributed by atoms with van der Waals surface area (Å²) in [6.07, 6.45) is 11.8. The van der Waals surface area contributed by atoms with Crippen molar-refractivity contribution in [3.05, 3.63) is 11.6 Å². The molecule has 0 aromatic heterocycles. The van der Waals surface area contributed by atoms with E-state index in [-0.39, 0.29) is 5.60 Å². The van der Waals surface area contributed by atoms with Crippen LogP contribution in [0.1, 0.15) is 65.2 Å². The maximum absolute atomic E-state index is 11.9. The Bertz CT molecular complexity index is 572. The molecule has 0 amide bonds. The van der Waals surface area contributed by atoms with E-state index in [0.717, 1.165) is 37.2 Å². The minimum atomic E-state index is 0.266. The zero-order valence-corrected chi connectivity index (χ0v) is 14.0. The molecule has 0 aromatic carbocycles. The zero-order chi connectivity index (χ0) is 15.2. The van der Waals surface area contributed by atoms with Gasteiger partial charge in [-0.1, -0.05) is 19.4 Å². The number of ether oxygens (including phenoxy) is 1. The van der Waals surface area contributed by atoms with Crippen LogP contribution in [0.25, 0.3) is 0 Å². The summed E-state index contributed by atoms with van der Waals surface area (Å²) in [4.78, 5) is 11.9. The highest BCUT2D eigenvalue weighted by atomic mass is 16.6. The summed E-state index contributed by atoms with van der Waals surface area (Å²) in [5.74, 6) is 2.92. The van der Waals surface area contributed by atoms with E-state index in [1.165, 1.54) is 44.1 Å². The summed E-state index contributed by atoms with van der Waals surface area (Å²) in [5, 5.41) is 0. The van der Waals surface area contributed by atoms with Crippen molar-refractivity contribution in [2.75, 3.05) is 6.61 Å². The third kappa shape index (κ3) is 1.48. The second kappa shape index (κ2) is 4.06. The van der Waals surface area contributed by atoms with Crippen LogP contribution in [0.5, 0.6) is 0 Å². The summed E-state index contributed by atoms with van der Waals surface area (Å²) < 4.78 is 6.00. The molecule has 4 fully saturated rings. The van der Waals surface area contributed by atoms with E-state index in [1.54, 1.807) is 0 Å². The SMILES string of the molecule is C[C@]12CCC(=O)C=C1CC[C@@H]1[C@@H]2CC[C@@]2(C)[C@H]1CC[C@@]21CO1. The average Bonchev–Trinajstić information content (AvgIpc) is 3.22. The number of carbonyl (C=O) groups excluding carboxylic acids is 1. The highest BCUT2D eigenvalue weighted by molar-refractivity contribution is 5.91. The molecule has 1 heterocycles. The Kier molecular flexibility index (Phi) is 2.54. The molecule has 1 spiro atoms. The van der Waals surface area contributed by atoms with Crippen molar-refractivity contribution in [3.8, 4) is 0 Å². The van der Waals surface area contributed by atoms with E-state index in [0.29, 0.717) is 16.6 Å². The topological polar surface area (TPSA) is 29.6 Å². The molecule has 5 aliphatic rings. The van der Waals surface area contributed by atoms with Crippen molar-refractivity contribution >= 4 is 5.78 Å². The Hall–Kier alpha value is -0.630. The van der Waals surface area contributed by atoms with Crippen LogP contribution in [0.15, 0.2) is 11.6 Å². The summed E-state index contributed by atoms with van der Waals surface area (Å²) in [5.41, 5.74) is 2.51. The van der Waals surface area contributed by atoms with Gasteiger partial charge in [0, 0.05) is 11.8 Å². The Balaban J connectivity index is 1.51. The van der Waals surface area contributed by atoms with E-state index < -0.39 is 0 Å². The van der Waals surface area contributed by atoms with Gasteiger partial charge < -0.3 is 4.74 Å². The summed E-state index contributed by atoms with van der Waals surface area (Å²) in [7, 11) is 0. The van der Waals surface area contributed by atoms with E-state index in [4.69, 9.17) is 4.74 Å². The molecule has 3 saturated carbocycles. The van der Waals surface area contributed by atoms with Crippen molar-refractivity contribution in [1.29, 1.82) is 0 Å². The van der Waals surface area contributed by atoms with Crippen LogP contribution in [-0.4, -0.2) is 18.0 Å². The van der Waals surface area contributed by atoms with Gasteiger partial charge >= 0.3 is 0 Å². The largest absolute Gasteiger partial charge is 0.369 e. The van der Waals surface area contributed by atoms with Gasteiger partial charge in [0.2, 0.25) is 0 Å². The zero-order valence-electron chi connectivity index (χ0n) is 14.0. The number of hydrogen-bond donors (Lipinski definition) is 0. The summed E-state index contributed by atoms with van der Waals surface area (Å²) in [6, 6.07) is 0. The van der Waals surface area contributed by atoms with Crippen LogP contribution in [0.2, 0.25) is 0 Å². The second-order valence-corrected chi connectivity index (χ2v) is 9.25. The number of rotatable bonds is 0. The maximum atomic E-state index is 11.9. The first-order chi connectivity index (χ1) is 10.5. The van der Waals surface area contributed by atoms with E-state index in [2.05, 4.69) is 13.8 Å². The van der Waals surface area contributed by atoms with Crippen LogP contribution in [0, 0.1) is 28.6 Å². The van der Waals surface area contributed by atoms with E-state index >= 15 is 0 Å². The van der Waals surface area contributed by atoms with E-state index in [1.807, 2.05) is 6.08 Å². The van der Waals surface area contributed by atoms with Crippen molar-refractivity contribution in [3.63, 3.8) is 0 Å². The number of hydrogen-bond acceptors (Lipinski definition) is 2. The Labute approximate surface area is 133 Å². The van der Waals surface area contributed by atoms with Gasteiger partial charge in [-0.2, -0.15) is 0 Å². The van der Waals surface area contributed by atoms with Crippen LogP contribution in [0.4, 0.5) is 0 Å². The smallest absolute Gasteiger partial charge is 0.155 e. The summed E-state index contributed by atoms with van der Waals surface area (Å²) in [6.45, 7) is 6.03. The fourth-order valence-electron chi connectivity index (χ4n) is 7.21. The maximum Gasteiger partial charge on any atom is 0.155 e. The molecular weight excluding hydrogens is 272 g/mol. The number of carbonyl (C=O) groups is 1. The standard InChI is InChI=1S/C20H28O2/c1-18-8-5-14(21)11-13(18)3-4-15-16(18)6-9-19(2)17(15)7-10-20(19)12-22-20/h11,15-17H,3-10,12H2,1-2H3/t15-,16+,17+,18+,19+,20-/m1/s1. The molecule has 22 heavy (non-hydrogen) atoms. The Morgan fingerprint density at radius 1 is 1.05 bits per heavy atom. The highest BCUT2D eigenvalue weighted by Crippen LogP contribution is 2.70. The van der Waals surface area contributed by atoms with Crippen molar-refractivity contribution in [2.45, 2.75) is 70.8 Å². The lowest BCUT2D eigenvalue weighted by molar-refractivity contribution is -0.117. The molecule has 5 rings (SSSR count). The van der Waals surface area contributed by atoms with Crippen molar-refractivity contribution < 1.29 is 9.53 Å². The normalized spacial score (nSPS) is 56.2. The molecule has 0 unspecified atom stereocenters. The quantitative estimate of drug-likeness (QED) is 0.625. The first kappa shape index (κ1) is 13.8. The van der Waals surface area contributed by atoms with Gasteiger partial charge in [-0.15, -0.1) is 0 Å². The van der Waals surface area contributed by atoms with Gasteiger partial charge in [0.15, 0.2) is 5.78 Å². The molecule has 6 atom stereocenters. The Morgan fingerprint density at radius 2 is 1.82 bits per heavy atom. The van der Waals surface area contributed by atoms with Gasteiger partial charge in [-0.3, -0.25) is 4.79 Å². The summed E-state index contributed by atoms with van der Waals surface area (Å²) >= 11 is 0. The predicted molar refractivity (Wildman–Crippen MR) is 85.4 cm³/mol. The lowest BCUT2D eigenvalue weighted by atomic mass is 9.47. The number of ketones is 1. The highest BCUT2D eigenvalue weighted by Gasteiger charge is 2.69. The first-order valence-corrected chi connectivity index (χ1v) is 9.36. The molecule has 2 nitrogen and oxygen atoms in total. The molecule has 0 aromatic rings. The van der Waals surface area contributed by atoms with Gasteiger partial charge in [0.05, 0.1) is 12.2 Å². The predicted octanol–water partition coefficient (Wildman–Crippen LogP) is 4.29. The van der Waals surface area contributed by atoms with Crippen LogP contribution in [-0.2, 0) is 9.53 Å². The van der Waals surface area contributed by atoms with Crippen LogP contribution < -0.4 is 0 Å². The first-order valence-electron chi connectivity index (χ1n) is 9.36. The third-order valence-electron chi connectivity index (χ3n) is 8.74. The Morgan fingerprint density at radius 3 is 2.59 bits per heavy atom. The monoisotopic (exact) mass is 300 g/mol. The number of fused-ring (bicyclic) bond motifs is 6. The third-order valence-corrected chi connectivity index (χ3v) is 8.74. The second-order valence-electron chi connectivity index (χ2n) is 9.25. The lowest BCUT2D eigenvalue weighted by Crippen LogP contribution is -2.52. The minimum absolute atomic E-state index is 0.266. The number of epoxide rings is 1. The minimum Gasteiger partial charge on any atom is -0.369 e.